The highest BCUT2D eigenvalue weighted by Crippen LogP contribution is 2.42. The molecule has 0 aliphatic heterocycles. The lowest BCUT2D eigenvalue weighted by Crippen LogP contribution is -2.02. The predicted molar refractivity (Wildman–Crippen MR) is 62.5 cm³/mol. The molecule has 0 heterocycles. The zero-order valence-corrected chi connectivity index (χ0v) is 9.97. The largest absolute Gasteiger partial charge is 0.497 e. The molecule has 0 amide bonds. The topological polar surface area (TPSA) is 55.8 Å². The van der Waals surface area contributed by atoms with Gasteiger partial charge in [-0.05, 0) is 30.4 Å². The maximum atomic E-state index is 10.8. The van der Waals surface area contributed by atoms with Crippen LogP contribution in [0.5, 0.6) is 11.5 Å². The Morgan fingerprint density at radius 3 is 2.71 bits per heavy atom. The molecule has 4 nitrogen and oxygen atoms in total. The number of ether oxygens (including phenoxy) is 2. The average molecular weight is 236 g/mol. The normalized spacial score (nSPS) is 22.0. The molecule has 0 radical (unpaired) electrons. The third-order valence-corrected chi connectivity index (χ3v) is 3.22. The molecule has 0 spiro atoms. The van der Waals surface area contributed by atoms with E-state index in [2.05, 4.69) is 0 Å². The Balaban J connectivity index is 2.08. The minimum atomic E-state index is -0.692. The zero-order valence-electron chi connectivity index (χ0n) is 9.97. The Morgan fingerprint density at radius 2 is 2.18 bits per heavy atom. The Hall–Kier alpha value is -1.71. The van der Waals surface area contributed by atoms with Gasteiger partial charge in [-0.1, -0.05) is 6.07 Å². The first-order valence-electron chi connectivity index (χ1n) is 5.59. The fraction of sp³-hybridized carbons (Fsp3) is 0.462. The van der Waals surface area contributed by atoms with Crippen LogP contribution in [0.1, 0.15) is 12.0 Å². The number of hydrogen-bond donors (Lipinski definition) is 1. The lowest BCUT2D eigenvalue weighted by Gasteiger charge is -2.09. The van der Waals surface area contributed by atoms with E-state index >= 15 is 0 Å². The molecule has 1 N–H and O–H groups in total. The van der Waals surface area contributed by atoms with Crippen molar-refractivity contribution in [3.05, 3.63) is 23.8 Å². The van der Waals surface area contributed by atoms with Gasteiger partial charge in [0.1, 0.15) is 11.5 Å². The minimum Gasteiger partial charge on any atom is -0.497 e. The highest BCUT2D eigenvalue weighted by Gasteiger charge is 2.43. The van der Waals surface area contributed by atoms with E-state index in [0.29, 0.717) is 0 Å². The maximum Gasteiger partial charge on any atom is 0.306 e. The molecule has 17 heavy (non-hydrogen) atoms. The number of methoxy groups -OCH3 is 2. The van der Waals surface area contributed by atoms with Gasteiger partial charge in [0.25, 0.3) is 0 Å². The Morgan fingerprint density at radius 1 is 1.41 bits per heavy atom. The fourth-order valence-electron chi connectivity index (χ4n) is 2.08. The van der Waals surface area contributed by atoms with E-state index in [1.807, 2.05) is 18.2 Å². The van der Waals surface area contributed by atoms with Crippen LogP contribution in [0.2, 0.25) is 0 Å². The third-order valence-electron chi connectivity index (χ3n) is 3.22. The van der Waals surface area contributed by atoms with E-state index < -0.39 is 5.97 Å². The van der Waals surface area contributed by atoms with Crippen LogP contribution in [0.25, 0.3) is 0 Å². The van der Waals surface area contributed by atoms with Gasteiger partial charge in [-0.2, -0.15) is 0 Å². The molecule has 2 atom stereocenters. The van der Waals surface area contributed by atoms with Gasteiger partial charge in [0.15, 0.2) is 0 Å². The summed E-state index contributed by atoms with van der Waals surface area (Å²) < 4.78 is 10.4. The van der Waals surface area contributed by atoms with Crippen molar-refractivity contribution < 1.29 is 19.4 Å². The first kappa shape index (κ1) is 11.8. The van der Waals surface area contributed by atoms with E-state index in [1.54, 1.807) is 14.2 Å². The van der Waals surface area contributed by atoms with E-state index in [-0.39, 0.29) is 11.8 Å². The summed E-state index contributed by atoms with van der Waals surface area (Å²) in [6, 6.07) is 5.64. The van der Waals surface area contributed by atoms with Crippen molar-refractivity contribution in [1.29, 1.82) is 0 Å². The van der Waals surface area contributed by atoms with Gasteiger partial charge in [0, 0.05) is 6.07 Å². The van der Waals surface area contributed by atoms with Crippen LogP contribution in [-0.2, 0) is 11.2 Å². The molecular weight excluding hydrogens is 220 g/mol. The first-order chi connectivity index (χ1) is 8.15. The van der Waals surface area contributed by atoms with Crippen molar-refractivity contribution in [2.75, 3.05) is 14.2 Å². The summed E-state index contributed by atoms with van der Waals surface area (Å²) in [4.78, 5) is 10.8. The molecule has 1 saturated carbocycles. The second kappa shape index (κ2) is 4.65. The van der Waals surface area contributed by atoms with Crippen LogP contribution in [-0.4, -0.2) is 25.3 Å². The van der Waals surface area contributed by atoms with Gasteiger partial charge in [-0.15, -0.1) is 0 Å². The lowest BCUT2D eigenvalue weighted by atomic mass is 10.1. The number of rotatable bonds is 5. The van der Waals surface area contributed by atoms with Crippen molar-refractivity contribution in [3.8, 4) is 11.5 Å². The molecular formula is C13H16O4. The fourth-order valence-corrected chi connectivity index (χ4v) is 2.08. The summed E-state index contributed by atoms with van der Waals surface area (Å²) in [6.45, 7) is 0. The summed E-state index contributed by atoms with van der Waals surface area (Å²) in [7, 11) is 3.22. The highest BCUT2D eigenvalue weighted by atomic mass is 16.5. The van der Waals surface area contributed by atoms with Crippen molar-refractivity contribution >= 4 is 5.97 Å². The molecule has 0 aromatic heterocycles. The Bertz CT molecular complexity index is 427. The monoisotopic (exact) mass is 236 g/mol. The third kappa shape index (κ3) is 2.52. The van der Waals surface area contributed by atoms with E-state index in [1.165, 1.54) is 0 Å². The highest BCUT2D eigenvalue weighted by molar-refractivity contribution is 5.73. The predicted octanol–water partition coefficient (Wildman–Crippen LogP) is 1.97. The Kier molecular flexibility index (Phi) is 3.22. The molecule has 4 heteroatoms. The van der Waals surface area contributed by atoms with Gasteiger partial charge in [-0.3, -0.25) is 4.79 Å². The molecule has 1 aliphatic carbocycles. The quantitative estimate of drug-likeness (QED) is 0.849. The second-order valence-electron chi connectivity index (χ2n) is 4.32. The Labute approximate surface area is 100 Å². The number of carbonyl (C=O) groups is 1. The van der Waals surface area contributed by atoms with E-state index in [4.69, 9.17) is 14.6 Å². The summed E-state index contributed by atoms with van der Waals surface area (Å²) in [5.74, 6) is 0.885. The smallest absolute Gasteiger partial charge is 0.306 e. The average Bonchev–Trinajstić information content (AvgIpc) is 3.09. The van der Waals surface area contributed by atoms with Crippen molar-refractivity contribution in [2.45, 2.75) is 12.8 Å². The van der Waals surface area contributed by atoms with Crippen LogP contribution in [0.15, 0.2) is 18.2 Å². The van der Waals surface area contributed by atoms with E-state index in [9.17, 15) is 4.79 Å². The summed E-state index contributed by atoms with van der Waals surface area (Å²) in [5.41, 5.74) is 1.04. The van der Waals surface area contributed by atoms with Crippen LogP contribution >= 0.6 is 0 Å². The molecule has 1 aromatic carbocycles. The number of hydrogen-bond acceptors (Lipinski definition) is 3. The molecule has 2 rings (SSSR count). The van der Waals surface area contributed by atoms with Gasteiger partial charge in [0.05, 0.1) is 20.1 Å². The van der Waals surface area contributed by atoms with E-state index in [0.717, 1.165) is 29.9 Å². The molecule has 1 aliphatic rings. The SMILES string of the molecule is COc1ccc(CC2CC2C(=O)O)c(OC)c1. The van der Waals surface area contributed by atoms with Gasteiger partial charge in [-0.25, -0.2) is 0 Å². The summed E-state index contributed by atoms with van der Waals surface area (Å²) in [5, 5.41) is 8.86. The van der Waals surface area contributed by atoms with Crippen LogP contribution in [0.3, 0.4) is 0 Å². The maximum absolute atomic E-state index is 10.8. The van der Waals surface area contributed by atoms with Crippen LogP contribution < -0.4 is 9.47 Å². The number of carboxylic acids is 1. The van der Waals surface area contributed by atoms with Gasteiger partial charge in [0.2, 0.25) is 0 Å². The van der Waals surface area contributed by atoms with Crippen molar-refractivity contribution in [2.24, 2.45) is 11.8 Å². The standard InChI is InChI=1S/C13H16O4/c1-16-10-4-3-8(12(7-10)17-2)5-9-6-11(9)13(14)15/h3-4,7,9,11H,5-6H2,1-2H3,(H,14,15). The minimum absolute atomic E-state index is 0.179. The van der Waals surface area contributed by atoms with Gasteiger partial charge >= 0.3 is 5.97 Å². The van der Waals surface area contributed by atoms with Gasteiger partial charge < -0.3 is 14.6 Å². The zero-order chi connectivity index (χ0) is 12.4. The molecule has 1 fully saturated rings. The number of carboxylic acid groups (broad SMARTS) is 1. The second-order valence-corrected chi connectivity index (χ2v) is 4.32. The summed E-state index contributed by atoms with van der Waals surface area (Å²) in [6.07, 6.45) is 1.52. The van der Waals surface area contributed by atoms with Crippen molar-refractivity contribution in [3.63, 3.8) is 0 Å². The molecule has 0 saturated heterocycles. The van der Waals surface area contributed by atoms with Crippen molar-refractivity contribution in [1.82, 2.24) is 0 Å². The lowest BCUT2D eigenvalue weighted by molar-refractivity contribution is -0.138. The van der Waals surface area contributed by atoms with Crippen LogP contribution in [0.4, 0.5) is 0 Å². The number of aliphatic carboxylic acids is 1. The number of benzene rings is 1. The van der Waals surface area contributed by atoms with Crippen LogP contribution in [0, 0.1) is 11.8 Å². The molecule has 2 unspecified atom stereocenters. The molecule has 92 valence electrons. The first-order valence-corrected chi connectivity index (χ1v) is 5.59. The molecule has 0 bridgehead atoms. The summed E-state index contributed by atoms with van der Waals surface area (Å²) >= 11 is 0. The molecule has 1 aromatic rings.